The van der Waals surface area contributed by atoms with E-state index in [-0.39, 0.29) is 5.69 Å². The van der Waals surface area contributed by atoms with Crippen molar-refractivity contribution in [2.75, 3.05) is 13.2 Å². The molecular weight excluding hydrogens is 196 g/mol. The van der Waals surface area contributed by atoms with E-state index in [9.17, 15) is 10.1 Å². The van der Waals surface area contributed by atoms with Crippen LogP contribution in [-0.4, -0.2) is 18.1 Å². The fourth-order valence-corrected chi connectivity index (χ4v) is 1.34. The van der Waals surface area contributed by atoms with E-state index in [2.05, 4.69) is 0 Å². The van der Waals surface area contributed by atoms with Crippen molar-refractivity contribution in [2.24, 2.45) is 5.73 Å². The van der Waals surface area contributed by atoms with Crippen molar-refractivity contribution in [1.29, 1.82) is 0 Å². The second kappa shape index (κ2) is 4.75. The highest BCUT2D eigenvalue weighted by Crippen LogP contribution is 2.27. The molecule has 0 spiro atoms. The zero-order valence-corrected chi connectivity index (χ0v) is 8.82. The van der Waals surface area contributed by atoms with Gasteiger partial charge in [-0.2, -0.15) is 0 Å². The van der Waals surface area contributed by atoms with E-state index in [1.807, 2.05) is 6.92 Å². The van der Waals surface area contributed by atoms with Gasteiger partial charge in [0.1, 0.15) is 12.4 Å². The second-order valence-corrected chi connectivity index (χ2v) is 3.30. The molecule has 1 rings (SSSR count). The van der Waals surface area contributed by atoms with E-state index < -0.39 is 4.92 Å². The summed E-state index contributed by atoms with van der Waals surface area (Å²) < 4.78 is 5.30. The van der Waals surface area contributed by atoms with Crippen molar-refractivity contribution >= 4 is 5.69 Å². The van der Waals surface area contributed by atoms with Crippen LogP contribution in [0.25, 0.3) is 0 Å². The lowest BCUT2D eigenvalue weighted by atomic mass is 10.1. The van der Waals surface area contributed by atoms with Crippen LogP contribution in [0.1, 0.15) is 11.1 Å². The molecule has 0 aliphatic carbocycles. The van der Waals surface area contributed by atoms with E-state index in [1.165, 1.54) is 6.07 Å². The van der Waals surface area contributed by atoms with E-state index in [0.717, 1.165) is 5.56 Å². The molecule has 0 aliphatic heterocycles. The fourth-order valence-electron chi connectivity index (χ4n) is 1.34. The van der Waals surface area contributed by atoms with Gasteiger partial charge in [-0.15, -0.1) is 0 Å². The van der Waals surface area contributed by atoms with Crippen LogP contribution in [0.15, 0.2) is 12.1 Å². The smallest absolute Gasteiger partial charge is 0.276 e. The molecule has 0 aromatic heterocycles. The minimum Gasteiger partial charge on any atom is -0.492 e. The van der Waals surface area contributed by atoms with Gasteiger partial charge in [-0.3, -0.25) is 10.1 Å². The number of ether oxygens (including phenoxy) is 1. The van der Waals surface area contributed by atoms with Crippen LogP contribution < -0.4 is 10.5 Å². The van der Waals surface area contributed by atoms with Crippen LogP contribution in [0, 0.1) is 24.0 Å². The summed E-state index contributed by atoms with van der Waals surface area (Å²) in [4.78, 5) is 10.3. The van der Waals surface area contributed by atoms with Crippen molar-refractivity contribution in [2.45, 2.75) is 13.8 Å². The van der Waals surface area contributed by atoms with Crippen LogP contribution in [-0.2, 0) is 0 Å². The minimum atomic E-state index is -0.413. The summed E-state index contributed by atoms with van der Waals surface area (Å²) in [5, 5.41) is 10.7. The molecular formula is C10H14N2O3. The average molecular weight is 210 g/mol. The standard InChI is InChI=1S/C10H14N2O3/c1-7-5-8(2)10(15-4-3-11)6-9(7)12(13)14/h5-6H,3-4,11H2,1-2H3. The topological polar surface area (TPSA) is 78.4 Å². The first kappa shape index (κ1) is 11.5. The quantitative estimate of drug-likeness (QED) is 0.604. The van der Waals surface area contributed by atoms with E-state index in [4.69, 9.17) is 10.5 Å². The molecule has 1 aromatic carbocycles. The van der Waals surface area contributed by atoms with Gasteiger partial charge in [0.15, 0.2) is 0 Å². The van der Waals surface area contributed by atoms with Crippen molar-refractivity contribution in [3.63, 3.8) is 0 Å². The molecule has 0 fully saturated rings. The summed E-state index contributed by atoms with van der Waals surface area (Å²) in [6.45, 7) is 4.31. The highest BCUT2D eigenvalue weighted by Gasteiger charge is 2.13. The van der Waals surface area contributed by atoms with Gasteiger partial charge in [0, 0.05) is 12.1 Å². The van der Waals surface area contributed by atoms with E-state index >= 15 is 0 Å². The van der Waals surface area contributed by atoms with Crippen LogP contribution >= 0.6 is 0 Å². The van der Waals surface area contributed by atoms with Gasteiger partial charge >= 0.3 is 0 Å². The average Bonchev–Trinajstić information content (AvgIpc) is 2.16. The predicted molar refractivity (Wildman–Crippen MR) is 57.1 cm³/mol. The number of nitrogens with zero attached hydrogens (tertiary/aromatic N) is 1. The predicted octanol–water partition coefficient (Wildman–Crippen LogP) is 1.55. The monoisotopic (exact) mass is 210 g/mol. The van der Waals surface area contributed by atoms with Gasteiger partial charge in [0.2, 0.25) is 0 Å². The Labute approximate surface area is 88.0 Å². The van der Waals surface area contributed by atoms with Gasteiger partial charge in [0.25, 0.3) is 5.69 Å². The van der Waals surface area contributed by atoms with Gasteiger partial charge in [0.05, 0.1) is 11.0 Å². The minimum absolute atomic E-state index is 0.0765. The molecule has 0 bridgehead atoms. The maximum Gasteiger partial charge on any atom is 0.276 e. The Morgan fingerprint density at radius 1 is 1.40 bits per heavy atom. The first-order valence-corrected chi connectivity index (χ1v) is 4.64. The molecule has 5 heteroatoms. The van der Waals surface area contributed by atoms with Gasteiger partial charge in [-0.25, -0.2) is 0 Å². The second-order valence-electron chi connectivity index (χ2n) is 3.30. The Bertz CT molecular complexity index is 377. The number of rotatable bonds is 4. The van der Waals surface area contributed by atoms with E-state index in [1.54, 1.807) is 13.0 Å². The van der Waals surface area contributed by atoms with E-state index in [0.29, 0.717) is 24.5 Å². The van der Waals surface area contributed by atoms with Crippen molar-refractivity contribution in [3.8, 4) is 5.75 Å². The lowest BCUT2D eigenvalue weighted by Gasteiger charge is -2.08. The van der Waals surface area contributed by atoms with Crippen LogP contribution in [0.2, 0.25) is 0 Å². The third kappa shape index (κ3) is 2.66. The molecule has 5 nitrogen and oxygen atoms in total. The zero-order valence-electron chi connectivity index (χ0n) is 8.82. The maximum atomic E-state index is 10.7. The number of nitro benzene ring substituents is 1. The number of aryl methyl sites for hydroxylation is 2. The highest BCUT2D eigenvalue weighted by atomic mass is 16.6. The molecule has 0 unspecified atom stereocenters. The lowest BCUT2D eigenvalue weighted by molar-refractivity contribution is -0.385. The summed E-state index contributed by atoms with van der Waals surface area (Å²) in [6.07, 6.45) is 0. The molecule has 0 saturated heterocycles. The number of benzene rings is 1. The fraction of sp³-hybridized carbons (Fsp3) is 0.400. The number of hydrogen-bond donors (Lipinski definition) is 1. The third-order valence-electron chi connectivity index (χ3n) is 2.07. The highest BCUT2D eigenvalue weighted by molar-refractivity contribution is 5.49. The lowest BCUT2D eigenvalue weighted by Crippen LogP contribution is -2.11. The maximum absolute atomic E-state index is 10.7. The summed E-state index contributed by atoms with van der Waals surface area (Å²) in [7, 11) is 0. The molecule has 82 valence electrons. The van der Waals surface area contributed by atoms with Crippen LogP contribution in [0.3, 0.4) is 0 Å². The van der Waals surface area contributed by atoms with Crippen molar-refractivity contribution < 1.29 is 9.66 Å². The summed E-state index contributed by atoms with van der Waals surface area (Å²) in [6, 6.07) is 3.18. The Kier molecular flexibility index (Phi) is 3.62. The first-order chi connectivity index (χ1) is 7.06. The normalized spacial score (nSPS) is 10.1. The Hall–Kier alpha value is -1.62. The Morgan fingerprint density at radius 2 is 2.07 bits per heavy atom. The largest absolute Gasteiger partial charge is 0.492 e. The molecule has 0 saturated carbocycles. The SMILES string of the molecule is Cc1cc(C)c([N+](=O)[O-])cc1OCCN. The molecule has 2 N–H and O–H groups in total. The number of hydrogen-bond acceptors (Lipinski definition) is 4. The molecule has 1 aromatic rings. The molecule has 0 aliphatic rings. The van der Waals surface area contributed by atoms with Crippen LogP contribution in [0.4, 0.5) is 5.69 Å². The molecule has 0 radical (unpaired) electrons. The summed E-state index contributed by atoms with van der Waals surface area (Å²) in [5.41, 5.74) is 6.89. The molecule has 0 amide bonds. The van der Waals surface area contributed by atoms with Gasteiger partial charge in [-0.1, -0.05) is 0 Å². The Balaban J connectivity index is 3.06. The summed E-state index contributed by atoms with van der Waals surface area (Å²) >= 11 is 0. The Morgan fingerprint density at radius 3 is 2.60 bits per heavy atom. The third-order valence-corrected chi connectivity index (χ3v) is 2.07. The first-order valence-electron chi connectivity index (χ1n) is 4.64. The molecule has 0 heterocycles. The van der Waals surface area contributed by atoms with Crippen LogP contribution in [0.5, 0.6) is 5.75 Å². The zero-order chi connectivity index (χ0) is 11.4. The molecule has 15 heavy (non-hydrogen) atoms. The van der Waals surface area contributed by atoms with Gasteiger partial charge in [-0.05, 0) is 25.5 Å². The van der Waals surface area contributed by atoms with Crippen molar-refractivity contribution in [3.05, 3.63) is 33.4 Å². The molecule has 0 atom stereocenters. The van der Waals surface area contributed by atoms with Gasteiger partial charge < -0.3 is 10.5 Å². The summed E-state index contributed by atoms with van der Waals surface area (Å²) in [5.74, 6) is 0.526. The number of nitro groups is 1. The van der Waals surface area contributed by atoms with Crippen molar-refractivity contribution in [1.82, 2.24) is 0 Å². The number of nitrogens with two attached hydrogens (primary N) is 1.